The molecule has 1 amide bonds. The molecular weight excluding hydrogens is 258 g/mol. The van der Waals surface area contributed by atoms with Crippen molar-refractivity contribution in [1.82, 2.24) is 5.32 Å². The van der Waals surface area contributed by atoms with Gasteiger partial charge in [-0.3, -0.25) is 4.79 Å². The zero-order valence-corrected chi connectivity index (χ0v) is 14.9. The van der Waals surface area contributed by atoms with Gasteiger partial charge >= 0.3 is 0 Å². The Morgan fingerprint density at radius 2 is 1.19 bits per heavy atom. The second kappa shape index (κ2) is 15.9. The molecule has 0 spiro atoms. The van der Waals surface area contributed by atoms with Crippen LogP contribution in [0.3, 0.4) is 0 Å². The first kappa shape index (κ1) is 20.5. The van der Waals surface area contributed by atoms with Crippen LogP contribution in [0.15, 0.2) is 0 Å². The van der Waals surface area contributed by atoms with Crippen LogP contribution in [0.5, 0.6) is 0 Å². The molecule has 0 bridgehead atoms. The lowest BCUT2D eigenvalue weighted by atomic mass is 9.97. The number of carbonyl (C=O) groups is 1. The second-order valence-corrected chi connectivity index (χ2v) is 6.40. The predicted molar refractivity (Wildman–Crippen MR) is 93.5 cm³/mol. The number of hydrogen-bond acceptors (Lipinski definition) is 1. The highest BCUT2D eigenvalue weighted by Crippen LogP contribution is 2.16. The average molecular weight is 298 g/mol. The van der Waals surface area contributed by atoms with E-state index in [0.29, 0.717) is 0 Å². The molecule has 21 heavy (non-hydrogen) atoms. The van der Waals surface area contributed by atoms with Crippen LogP contribution in [0.1, 0.15) is 104 Å². The zero-order valence-electron chi connectivity index (χ0n) is 14.9. The predicted octanol–water partition coefficient (Wildman–Crippen LogP) is 5.85. The Balaban J connectivity index is 3.23. The van der Waals surface area contributed by atoms with Crippen LogP contribution in [0.2, 0.25) is 0 Å². The number of hydrogen-bond donors (Lipinski definition) is 1. The van der Waals surface area contributed by atoms with Gasteiger partial charge in [0.2, 0.25) is 5.91 Å². The molecule has 0 radical (unpaired) electrons. The zero-order chi connectivity index (χ0) is 15.8. The quantitative estimate of drug-likeness (QED) is 0.377. The maximum absolute atomic E-state index is 11.6. The minimum Gasteiger partial charge on any atom is -0.359 e. The van der Waals surface area contributed by atoms with Crippen molar-refractivity contribution < 1.29 is 4.79 Å². The van der Waals surface area contributed by atoms with Gasteiger partial charge in [0, 0.05) is 13.0 Å². The lowest BCUT2D eigenvalue weighted by molar-refractivity contribution is -0.124. The average Bonchev–Trinajstić information content (AvgIpc) is 2.51. The topological polar surface area (TPSA) is 29.1 Å². The van der Waals surface area contributed by atoms with Crippen LogP contribution in [-0.2, 0) is 4.79 Å². The van der Waals surface area contributed by atoms with Crippen molar-refractivity contribution in [2.45, 2.75) is 104 Å². The molecule has 1 unspecified atom stereocenters. The summed E-state index contributed by atoms with van der Waals surface area (Å²) in [6.45, 7) is 4.39. The molecule has 0 heterocycles. The van der Waals surface area contributed by atoms with Gasteiger partial charge in [0.15, 0.2) is 0 Å². The summed E-state index contributed by atoms with van der Waals surface area (Å²) in [5, 5.41) is 2.77. The van der Waals surface area contributed by atoms with E-state index < -0.39 is 0 Å². The van der Waals surface area contributed by atoms with Crippen LogP contribution in [0, 0.1) is 5.92 Å². The first-order chi connectivity index (χ1) is 10.3. The highest BCUT2D eigenvalue weighted by molar-refractivity contribution is 5.78. The maximum Gasteiger partial charge on any atom is 0.222 e. The fourth-order valence-electron chi connectivity index (χ4n) is 2.96. The van der Waals surface area contributed by atoms with Crippen LogP contribution < -0.4 is 5.32 Å². The molecule has 2 heteroatoms. The van der Waals surface area contributed by atoms with Gasteiger partial charge in [0.25, 0.3) is 0 Å². The molecule has 0 saturated heterocycles. The molecule has 0 aromatic carbocycles. The van der Waals surface area contributed by atoms with Crippen molar-refractivity contribution in [3.05, 3.63) is 0 Å². The first-order valence-corrected chi connectivity index (χ1v) is 9.47. The third kappa shape index (κ3) is 12.9. The highest BCUT2D eigenvalue weighted by Gasteiger charge is 2.13. The Bertz CT molecular complexity index is 228. The molecule has 0 aliphatic rings. The van der Waals surface area contributed by atoms with E-state index in [9.17, 15) is 4.79 Å². The Labute approximate surface area is 133 Å². The van der Waals surface area contributed by atoms with Crippen molar-refractivity contribution >= 4 is 5.91 Å². The van der Waals surface area contributed by atoms with Gasteiger partial charge < -0.3 is 5.32 Å². The minimum atomic E-state index is 0.223. The summed E-state index contributed by atoms with van der Waals surface area (Å²) in [6, 6.07) is 0. The van der Waals surface area contributed by atoms with Gasteiger partial charge in [-0.15, -0.1) is 0 Å². The SMILES string of the molecule is CCCCCCCCCCCCCCC(CC)C(=O)NC. The monoisotopic (exact) mass is 297 g/mol. The third-order valence-electron chi connectivity index (χ3n) is 4.52. The van der Waals surface area contributed by atoms with E-state index in [1.165, 1.54) is 77.0 Å². The molecule has 0 aromatic rings. The summed E-state index contributed by atoms with van der Waals surface area (Å²) >= 11 is 0. The molecule has 1 atom stereocenters. The Morgan fingerprint density at radius 1 is 0.762 bits per heavy atom. The largest absolute Gasteiger partial charge is 0.359 e. The summed E-state index contributed by atoms with van der Waals surface area (Å²) in [5.41, 5.74) is 0. The van der Waals surface area contributed by atoms with Crippen LogP contribution in [0.25, 0.3) is 0 Å². The normalized spacial score (nSPS) is 12.3. The molecule has 0 aromatic heterocycles. The standard InChI is InChI=1S/C19H39NO/c1-4-6-7-8-9-10-11-12-13-14-15-16-17-18(5-2)19(21)20-3/h18H,4-17H2,1-3H3,(H,20,21). The Morgan fingerprint density at radius 3 is 1.57 bits per heavy atom. The molecule has 0 aliphatic heterocycles. The van der Waals surface area contributed by atoms with Gasteiger partial charge in [0.1, 0.15) is 0 Å². The van der Waals surface area contributed by atoms with E-state index in [-0.39, 0.29) is 11.8 Å². The molecule has 0 rings (SSSR count). The van der Waals surface area contributed by atoms with E-state index in [1.54, 1.807) is 7.05 Å². The smallest absolute Gasteiger partial charge is 0.222 e. The Kier molecular flexibility index (Phi) is 15.5. The van der Waals surface area contributed by atoms with E-state index in [1.807, 2.05) is 0 Å². The van der Waals surface area contributed by atoms with Crippen LogP contribution in [0.4, 0.5) is 0 Å². The van der Waals surface area contributed by atoms with Gasteiger partial charge in [-0.1, -0.05) is 90.9 Å². The molecule has 126 valence electrons. The number of nitrogens with one attached hydrogen (secondary N) is 1. The van der Waals surface area contributed by atoms with Gasteiger partial charge in [-0.2, -0.15) is 0 Å². The molecule has 0 aliphatic carbocycles. The number of rotatable bonds is 15. The number of amides is 1. The highest BCUT2D eigenvalue weighted by atomic mass is 16.1. The summed E-state index contributed by atoms with van der Waals surface area (Å²) in [5.74, 6) is 0.457. The van der Waals surface area contributed by atoms with Crippen molar-refractivity contribution in [3.63, 3.8) is 0 Å². The fraction of sp³-hybridized carbons (Fsp3) is 0.947. The van der Waals surface area contributed by atoms with Gasteiger partial charge in [-0.05, 0) is 12.8 Å². The summed E-state index contributed by atoms with van der Waals surface area (Å²) in [4.78, 5) is 11.6. The van der Waals surface area contributed by atoms with E-state index >= 15 is 0 Å². The van der Waals surface area contributed by atoms with Crippen molar-refractivity contribution in [3.8, 4) is 0 Å². The molecular formula is C19H39NO. The summed E-state index contributed by atoms with van der Waals surface area (Å²) in [6.07, 6.45) is 18.6. The van der Waals surface area contributed by atoms with Crippen molar-refractivity contribution in [2.24, 2.45) is 5.92 Å². The third-order valence-corrected chi connectivity index (χ3v) is 4.52. The molecule has 1 N–H and O–H groups in total. The maximum atomic E-state index is 11.6. The molecule has 0 saturated carbocycles. The number of unbranched alkanes of at least 4 members (excludes halogenated alkanes) is 11. The lowest BCUT2D eigenvalue weighted by Gasteiger charge is -2.12. The summed E-state index contributed by atoms with van der Waals surface area (Å²) in [7, 11) is 1.74. The van der Waals surface area contributed by atoms with E-state index in [4.69, 9.17) is 0 Å². The van der Waals surface area contributed by atoms with Crippen LogP contribution in [-0.4, -0.2) is 13.0 Å². The van der Waals surface area contributed by atoms with Crippen LogP contribution >= 0.6 is 0 Å². The van der Waals surface area contributed by atoms with Gasteiger partial charge in [0.05, 0.1) is 0 Å². The number of carbonyl (C=O) groups excluding carboxylic acids is 1. The molecule has 0 fully saturated rings. The van der Waals surface area contributed by atoms with E-state index in [0.717, 1.165) is 12.8 Å². The van der Waals surface area contributed by atoms with Crippen molar-refractivity contribution in [2.75, 3.05) is 7.05 Å². The van der Waals surface area contributed by atoms with E-state index in [2.05, 4.69) is 19.2 Å². The molecule has 2 nitrogen and oxygen atoms in total. The summed E-state index contributed by atoms with van der Waals surface area (Å²) < 4.78 is 0. The minimum absolute atomic E-state index is 0.223. The Hall–Kier alpha value is -0.530. The fourth-order valence-corrected chi connectivity index (χ4v) is 2.96. The second-order valence-electron chi connectivity index (χ2n) is 6.40. The first-order valence-electron chi connectivity index (χ1n) is 9.47. The van der Waals surface area contributed by atoms with Gasteiger partial charge in [-0.25, -0.2) is 0 Å². The van der Waals surface area contributed by atoms with Crippen molar-refractivity contribution in [1.29, 1.82) is 0 Å². The lowest BCUT2D eigenvalue weighted by Crippen LogP contribution is -2.26.